The van der Waals surface area contributed by atoms with Gasteiger partial charge in [-0.3, -0.25) is 4.79 Å². The highest BCUT2D eigenvalue weighted by molar-refractivity contribution is 7.92. The molecule has 2 aromatic rings. The van der Waals surface area contributed by atoms with E-state index in [-0.39, 0.29) is 38.9 Å². The number of carbonyl (C=O) groups excluding carboxylic acids is 1. The van der Waals surface area contributed by atoms with E-state index in [0.29, 0.717) is 25.0 Å². The van der Waals surface area contributed by atoms with E-state index in [1.54, 1.807) is 0 Å². The Morgan fingerprint density at radius 3 is 2.38 bits per heavy atom. The maximum Gasteiger partial charge on any atom is 0.255 e. The van der Waals surface area contributed by atoms with Crippen molar-refractivity contribution >= 4 is 33.0 Å². The number of anilines is 1. The number of aliphatic hydroxyl groups is 1. The molecule has 2 aliphatic carbocycles. The molecular weight excluding hydrogens is 467 g/mol. The Bertz CT molecular complexity index is 1170. The SMILES string of the molecule is C[C@H]1CC2CC(S(=O)(=O)c3cc(C(=O)Nc4cc(F)c(F)c(F)c4)ccc3Cl)C[C@H]1[C@@H]2O. The first-order valence-electron chi connectivity index (χ1n) is 10.2. The molecule has 0 aliphatic heterocycles. The van der Waals surface area contributed by atoms with Crippen LogP contribution in [0.5, 0.6) is 0 Å². The summed E-state index contributed by atoms with van der Waals surface area (Å²) in [6.07, 6.45) is 0.868. The van der Waals surface area contributed by atoms with E-state index in [2.05, 4.69) is 5.32 Å². The normalized spacial score (nSPS) is 27.4. The van der Waals surface area contributed by atoms with Crippen LogP contribution in [-0.2, 0) is 9.84 Å². The predicted octanol–water partition coefficient (Wildman–Crippen LogP) is 4.58. The van der Waals surface area contributed by atoms with Crippen molar-refractivity contribution in [3.05, 3.63) is 58.4 Å². The molecule has 2 unspecified atom stereocenters. The Kier molecular flexibility index (Phi) is 6.02. The number of rotatable bonds is 4. The van der Waals surface area contributed by atoms with Crippen LogP contribution in [0.15, 0.2) is 35.2 Å². The molecule has 5 atom stereocenters. The Morgan fingerprint density at radius 2 is 1.75 bits per heavy atom. The van der Waals surface area contributed by atoms with Crippen LogP contribution in [0.25, 0.3) is 0 Å². The van der Waals surface area contributed by atoms with Crippen molar-refractivity contribution in [3.8, 4) is 0 Å². The zero-order chi connectivity index (χ0) is 23.4. The maximum absolute atomic E-state index is 13.4. The Labute approximate surface area is 188 Å². The molecule has 4 rings (SSSR count). The van der Waals surface area contributed by atoms with Crippen LogP contribution in [-0.4, -0.2) is 30.8 Å². The molecule has 5 nitrogen and oxygen atoms in total. The fourth-order valence-corrected chi connectivity index (χ4v) is 7.36. The molecule has 0 saturated heterocycles. The lowest BCUT2D eigenvalue weighted by Gasteiger charge is -2.32. The smallest absolute Gasteiger partial charge is 0.255 e. The average Bonchev–Trinajstić information content (AvgIpc) is 2.87. The van der Waals surface area contributed by atoms with Crippen molar-refractivity contribution in [1.29, 1.82) is 0 Å². The summed E-state index contributed by atoms with van der Waals surface area (Å²) in [6.45, 7) is 2.00. The first-order chi connectivity index (χ1) is 15.0. The van der Waals surface area contributed by atoms with Gasteiger partial charge in [-0.05, 0) is 55.2 Å². The summed E-state index contributed by atoms with van der Waals surface area (Å²) >= 11 is 6.17. The second-order valence-corrected chi connectivity index (χ2v) is 11.2. The molecule has 2 bridgehead atoms. The fraction of sp³-hybridized carbons (Fsp3) is 0.409. The predicted molar refractivity (Wildman–Crippen MR) is 113 cm³/mol. The zero-order valence-corrected chi connectivity index (χ0v) is 18.6. The second kappa shape index (κ2) is 8.35. The molecule has 0 aromatic heterocycles. The molecule has 0 spiro atoms. The summed E-state index contributed by atoms with van der Waals surface area (Å²) in [5.74, 6) is -5.43. The van der Waals surface area contributed by atoms with Crippen LogP contribution in [0.4, 0.5) is 18.9 Å². The van der Waals surface area contributed by atoms with E-state index in [1.165, 1.54) is 12.1 Å². The Morgan fingerprint density at radius 1 is 1.09 bits per heavy atom. The van der Waals surface area contributed by atoms with E-state index in [9.17, 15) is 31.5 Å². The fourth-order valence-electron chi connectivity index (χ4n) is 4.95. The number of hydrogen-bond donors (Lipinski definition) is 2. The number of fused-ring (bicyclic) bond motifs is 2. The van der Waals surface area contributed by atoms with E-state index >= 15 is 0 Å². The van der Waals surface area contributed by atoms with E-state index < -0.39 is 44.5 Å². The van der Waals surface area contributed by atoms with Crippen LogP contribution in [0.1, 0.15) is 36.5 Å². The number of nitrogens with one attached hydrogen (secondary N) is 1. The van der Waals surface area contributed by atoms with Gasteiger partial charge in [0.05, 0.1) is 21.3 Å². The van der Waals surface area contributed by atoms with Crippen LogP contribution in [0.2, 0.25) is 5.02 Å². The van der Waals surface area contributed by atoms with E-state index in [4.69, 9.17) is 11.6 Å². The van der Waals surface area contributed by atoms with Crippen molar-refractivity contribution in [2.24, 2.45) is 17.8 Å². The summed E-state index contributed by atoms with van der Waals surface area (Å²) in [6, 6.07) is 4.91. The van der Waals surface area contributed by atoms with Gasteiger partial charge in [0.15, 0.2) is 27.3 Å². The Balaban J connectivity index is 1.61. The monoisotopic (exact) mass is 487 g/mol. The molecule has 172 valence electrons. The zero-order valence-electron chi connectivity index (χ0n) is 17.0. The summed E-state index contributed by atoms with van der Waals surface area (Å²) < 4.78 is 66.7. The minimum absolute atomic E-state index is 0.0491. The molecule has 0 radical (unpaired) electrons. The molecule has 0 heterocycles. The minimum Gasteiger partial charge on any atom is -0.393 e. The number of carbonyl (C=O) groups is 1. The quantitative estimate of drug-likeness (QED) is 0.618. The lowest BCUT2D eigenvalue weighted by Crippen LogP contribution is -2.38. The van der Waals surface area contributed by atoms with Crippen molar-refractivity contribution in [3.63, 3.8) is 0 Å². The third-order valence-corrected chi connectivity index (χ3v) is 9.26. The lowest BCUT2D eigenvalue weighted by atomic mass is 9.84. The molecule has 1 amide bonds. The molecule has 2 aromatic carbocycles. The summed E-state index contributed by atoms with van der Waals surface area (Å²) in [5.41, 5.74) is -0.414. The minimum atomic E-state index is -3.91. The average molecular weight is 488 g/mol. The van der Waals surface area contributed by atoms with Gasteiger partial charge in [0.25, 0.3) is 5.91 Å². The molecule has 2 N–H and O–H groups in total. The number of halogens is 4. The molecule has 32 heavy (non-hydrogen) atoms. The van der Waals surface area contributed by atoms with Crippen molar-refractivity contribution < 1.29 is 31.5 Å². The lowest BCUT2D eigenvalue weighted by molar-refractivity contribution is 0.0552. The second-order valence-electron chi connectivity index (χ2n) is 8.62. The van der Waals surface area contributed by atoms with Gasteiger partial charge in [0.2, 0.25) is 0 Å². The van der Waals surface area contributed by atoms with Gasteiger partial charge >= 0.3 is 0 Å². The third-order valence-electron chi connectivity index (χ3n) is 6.61. The van der Waals surface area contributed by atoms with Gasteiger partial charge < -0.3 is 10.4 Å². The summed E-state index contributed by atoms with van der Waals surface area (Å²) in [7, 11) is -3.91. The van der Waals surface area contributed by atoms with Gasteiger partial charge in [-0.2, -0.15) is 0 Å². The van der Waals surface area contributed by atoms with Gasteiger partial charge in [-0.1, -0.05) is 18.5 Å². The number of aliphatic hydroxyl groups excluding tert-OH is 1. The van der Waals surface area contributed by atoms with Crippen LogP contribution >= 0.6 is 11.6 Å². The molecule has 2 aliphatic rings. The molecular formula is C22H21ClF3NO4S. The largest absolute Gasteiger partial charge is 0.393 e. The number of amides is 1. The maximum atomic E-state index is 13.4. The number of hydrogen-bond acceptors (Lipinski definition) is 4. The van der Waals surface area contributed by atoms with Crippen molar-refractivity contribution in [2.75, 3.05) is 5.32 Å². The van der Waals surface area contributed by atoms with Crippen LogP contribution < -0.4 is 5.32 Å². The van der Waals surface area contributed by atoms with Crippen LogP contribution in [0.3, 0.4) is 0 Å². The first kappa shape index (κ1) is 23.1. The highest BCUT2D eigenvalue weighted by Gasteiger charge is 2.49. The standard InChI is InChI=1S/C22H21ClF3NO4S/c1-10-4-12-5-14(9-15(10)21(12)28)32(30,31)19-6-11(2-3-16(19)23)22(29)27-13-7-17(24)20(26)18(25)8-13/h2-3,6-8,10,12,14-15,21,28H,4-5,9H2,1H3,(H,27,29)/t10-,12?,14?,15+,21+/m0/s1. The summed E-state index contributed by atoms with van der Waals surface area (Å²) in [5, 5.41) is 11.8. The van der Waals surface area contributed by atoms with E-state index in [0.717, 1.165) is 12.5 Å². The first-order valence-corrected chi connectivity index (χ1v) is 12.1. The number of sulfone groups is 1. The number of benzene rings is 2. The summed E-state index contributed by atoms with van der Waals surface area (Å²) in [4.78, 5) is 12.4. The molecule has 10 heteroatoms. The van der Waals surface area contributed by atoms with Gasteiger partial charge in [0, 0.05) is 23.4 Å². The van der Waals surface area contributed by atoms with Crippen LogP contribution in [0, 0.1) is 35.2 Å². The molecule has 2 fully saturated rings. The Hall–Kier alpha value is -2.10. The van der Waals surface area contributed by atoms with Crippen molar-refractivity contribution in [2.45, 2.75) is 42.4 Å². The third kappa shape index (κ3) is 4.02. The highest BCUT2D eigenvalue weighted by atomic mass is 35.5. The highest BCUT2D eigenvalue weighted by Crippen LogP contribution is 2.48. The topological polar surface area (TPSA) is 83.5 Å². The van der Waals surface area contributed by atoms with E-state index in [1.807, 2.05) is 6.92 Å². The molecule has 2 saturated carbocycles. The van der Waals surface area contributed by atoms with Crippen molar-refractivity contribution in [1.82, 2.24) is 0 Å². The van der Waals surface area contributed by atoms with Gasteiger partial charge in [-0.25, -0.2) is 21.6 Å². The van der Waals surface area contributed by atoms with Gasteiger partial charge in [-0.15, -0.1) is 0 Å². The van der Waals surface area contributed by atoms with Gasteiger partial charge in [0.1, 0.15) is 0 Å².